The molecule has 0 amide bonds. The Kier molecular flexibility index (Phi) is 3.08. The molecule has 0 saturated heterocycles. The van der Waals surface area contributed by atoms with E-state index in [-0.39, 0.29) is 5.28 Å². The van der Waals surface area contributed by atoms with E-state index in [0.29, 0.717) is 10.2 Å². The number of nitrogens with zero attached hydrogens (tertiary/aromatic N) is 5. The van der Waals surface area contributed by atoms with Crippen LogP contribution in [0.5, 0.6) is 0 Å². The third-order valence-corrected chi connectivity index (χ3v) is 2.42. The first-order valence-corrected chi connectivity index (χ1v) is 5.26. The minimum atomic E-state index is 0.118. The molecule has 5 nitrogen and oxygen atoms in total. The van der Waals surface area contributed by atoms with Gasteiger partial charge in [-0.2, -0.15) is 5.10 Å². The molecule has 2 rings (SSSR count). The second kappa shape index (κ2) is 4.50. The van der Waals surface area contributed by atoms with Crippen LogP contribution in [0, 0.1) is 6.92 Å². The van der Waals surface area contributed by atoms with E-state index in [0.717, 1.165) is 5.69 Å². The van der Waals surface area contributed by atoms with Crippen molar-refractivity contribution in [2.75, 3.05) is 0 Å². The molecule has 7 heteroatoms. The molecule has 76 valence electrons. The van der Waals surface area contributed by atoms with Crippen LogP contribution in [0.25, 0.3) is 0 Å². The maximum absolute atomic E-state index is 5.60. The lowest BCUT2D eigenvalue weighted by molar-refractivity contribution is 0.889. The van der Waals surface area contributed by atoms with E-state index in [1.54, 1.807) is 6.20 Å². The fourth-order valence-corrected chi connectivity index (χ4v) is 1.79. The van der Waals surface area contributed by atoms with E-state index in [1.807, 2.05) is 13.0 Å². The Balaban J connectivity index is 2.22. The van der Waals surface area contributed by atoms with Crippen LogP contribution in [0.3, 0.4) is 0 Å². The topological polar surface area (TPSA) is 64.5 Å². The molecule has 0 bridgehead atoms. The molecular formula is C8H6ClN5S. The number of rotatable bonds is 2. The van der Waals surface area contributed by atoms with Crippen LogP contribution in [0.2, 0.25) is 5.28 Å². The van der Waals surface area contributed by atoms with Crippen LogP contribution >= 0.6 is 23.4 Å². The lowest BCUT2D eigenvalue weighted by Gasteiger charge is -1.98. The van der Waals surface area contributed by atoms with Crippen LogP contribution in [0.4, 0.5) is 0 Å². The number of aromatic nitrogens is 5. The van der Waals surface area contributed by atoms with Gasteiger partial charge in [0.05, 0.1) is 6.20 Å². The van der Waals surface area contributed by atoms with Crippen LogP contribution in [-0.2, 0) is 0 Å². The third kappa shape index (κ3) is 2.84. The Morgan fingerprint density at radius 3 is 2.93 bits per heavy atom. The fraction of sp³-hybridized carbons (Fsp3) is 0.125. The molecule has 0 atom stereocenters. The highest BCUT2D eigenvalue weighted by Gasteiger charge is 2.03. The van der Waals surface area contributed by atoms with Crippen LogP contribution in [0.15, 0.2) is 28.6 Å². The largest absolute Gasteiger partial charge is 0.244 e. The highest BCUT2D eigenvalue weighted by atomic mass is 35.5. The van der Waals surface area contributed by atoms with E-state index < -0.39 is 0 Å². The van der Waals surface area contributed by atoms with Crippen molar-refractivity contribution >= 4 is 23.4 Å². The lowest BCUT2D eigenvalue weighted by atomic mass is 10.5. The van der Waals surface area contributed by atoms with Crippen molar-refractivity contribution in [1.82, 2.24) is 25.1 Å². The predicted octanol–water partition coefficient (Wildman–Crippen LogP) is 1.77. The summed E-state index contributed by atoms with van der Waals surface area (Å²) in [6.07, 6.45) is 3.21. The van der Waals surface area contributed by atoms with Gasteiger partial charge in [-0.1, -0.05) is 0 Å². The molecule has 0 spiro atoms. The summed E-state index contributed by atoms with van der Waals surface area (Å²) in [5, 5.41) is 8.59. The van der Waals surface area contributed by atoms with E-state index in [4.69, 9.17) is 11.6 Å². The van der Waals surface area contributed by atoms with E-state index in [1.165, 1.54) is 18.0 Å². The summed E-state index contributed by atoms with van der Waals surface area (Å²) in [5.41, 5.74) is 0.903. The van der Waals surface area contributed by atoms with Gasteiger partial charge >= 0.3 is 0 Å². The minimum absolute atomic E-state index is 0.118. The lowest BCUT2D eigenvalue weighted by Crippen LogP contribution is -1.91. The van der Waals surface area contributed by atoms with Crippen molar-refractivity contribution in [3.05, 3.63) is 29.4 Å². The van der Waals surface area contributed by atoms with Crippen LogP contribution in [0.1, 0.15) is 5.69 Å². The van der Waals surface area contributed by atoms with E-state index in [9.17, 15) is 0 Å². The molecule has 2 heterocycles. The molecule has 0 aliphatic heterocycles. The smallest absolute Gasteiger partial charge is 0.231 e. The standard InChI is InChI=1S/C8H6ClN5S/c1-5-2-3-10-8(12-5)15-6-4-11-14-7(9)13-6/h2-4H,1H3. The van der Waals surface area contributed by atoms with Gasteiger partial charge in [-0.05, 0) is 36.4 Å². The SMILES string of the molecule is Cc1ccnc(Sc2cnnc(Cl)n2)n1. The summed E-state index contributed by atoms with van der Waals surface area (Å²) < 4.78 is 0. The van der Waals surface area contributed by atoms with Gasteiger partial charge < -0.3 is 0 Å². The zero-order valence-electron chi connectivity index (χ0n) is 7.75. The monoisotopic (exact) mass is 239 g/mol. The highest BCUT2D eigenvalue weighted by molar-refractivity contribution is 7.99. The molecule has 2 aromatic rings. The van der Waals surface area contributed by atoms with Crippen molar-refractivity contribution in [2.24, 2.45) is 0 Å². The summed E-state index contributed by atoms with van der Waals surface area (Å²) in [5.74, 6) is 0. The maximum Gasteiger partial charge on any atom is 0.244 e. The fourth-order valence-electron chi connectivity index (χ4n) is 0.886. The maximum atomic E-state index is 5.60. The summed E-state index contributed by atoms with van der Waals surface area (Å²) in [6.45, 7) is 1.90. The van der Waals surface area contributed by atoms with Gasteiger partial charge in [-0.25, -0.2) is 15.0 Å². The van der Waals surface area contributed by atoms with Gasteiger partial charge in [0.2, 0.25) is 5.28 Å². The van der Waals surface area contributed by atoms with E-state index in [2.05, 4.69) is 25.1 Å². The summed E-state index contributed by atoms with van der Waals surface area (Å²) >= 11 is 6.90. The third-order valence-electron chi connectivity index (χ3n) is 1.48. The first-order valence-electron chi connectivity index (χ1n) is 4.07. The summed E-state index contributed by atoms with van der Waals surface area (Å²) in [7, 11) is 0. The Morgan fingerprint density at radius 1 is 1.33 bits per heavy atom. The molecule has 0 N–H and O–H groups in total. The average Bonchev–Trinajstić information content (AvgIpc) is 2.17. The second-order valence-electron chi connectivity index (χ2n) is 2.65. The molecule has 2 aromatic heterocycles. The van der Waals surface area contributed by atoms with Gasteiger partial charge in [0, 0.05) is 11.9 Å². The number of hydrogen-bond acceptors (Lipinski definition) is 6. The number of aryl methyl sites for hydroxylation is 1. The van der Waals surface area contributed by atoms with Gasteiger partial charge in [0.15, 0.2) is 5.16 Å². The zero-order valence-corrected chi connectivity index (χ0v) is 9.33. The molecule has 0 aliphatic rings. The molecule has 0 unspecified atom stereocenters. The van der Waals surface area contributed by atoms with Crippen molar-refractivity contribution in [1.29, 1.82) is 0 Å². The first-order chi connectivity index (χ1) is 7.24. The zero-order chi connectivity index (χ0) is 10.7. The Bertz CT molecular complexity index is 435. The molecule has 0 radical (unpaired) electrons. The Hall–Kier alpha value is -1.27. The van der Waals surface area contributed by atoms with Gasteiger partial charge in [-0.3, -0.25) is 0 Å². The quantitative estimate of drug-likeness (QED) is 0.745. The molecule has 0 fully saturated rings. The molecule has 0 saturated carbocycles. The molecule has 0 aromatic carbocycles. The minimum Gasteiger partial charge on any atom is -0.231 e. The van der Waals surface area contributed by atoms with Crippen molar-refractivity contribution in [2.45, 2.75) is 17.1 Å². The summed E-state index contributed by atoms with van der Waals surface area (Å²) in [6, 6.07) is 1.83. The first kappa shape index (κ1) is 10.3. The van der Waals surface area contributed by atoms with E-state index >= 15 is 0 Å². The normalized spacial score (nSPS) is 10.3. The van der Waals surface area contributed by atoms with Crippen LogP contribution < -0.4 is 0 Å². The van der Waals surface area contributed by atoms with Gasteiger partial charge in [0.1, 0.15) is 5.03 Å². The number of halogens is 1. The van der Waals surface area contributed by atoms with Crippen molar-refractivity contribution in [3.63, 3.8) is 0 Å². The highest BCUT2D eigenvalue weighted by Crippen LogP contribution is 2.21. The summed E-state index contributed by atoms with van der Waals surface area (Å²) in [4.78, 5) is 12.3. The van der Waals surface area contributed by atoms with Crippen molar-refractivity contribution < 1.29 is 0 Å². The molecule has 15 heavy (non-hydrogen) atoms. The second-order valence-corrected chi connectivity index (χ2v) is 3.97. The Labute approximate surface area is 95.3 Å². The van der Waals surface area contributed by atoms with Gasteiger partial charge in [0.25, 0.3) is 0 Å². The molecular weight excluding hydrogens is 234 g/mol. The predicted molar refractivity (Wildman–Crippen MR) is 55.7 cm³/mol. The average molecular weight is 240 g/mol. The Morgan fingerprint density at radius 2 is 2.20 bits per heavy atom. The van der Waals surface area contributed by atoms with Crippen molar-refractivity contribution in [3.8, 4) is 0 Å². The van der Waals surface area contributed by atoms with Gasteiger partial charge in [-0.15, -0.1) is 5.10 Å². The molecule has 0 aliphatic carbocycles. The van der Waals surface area contributed by atoms with Crippen LogP contribution in [-0.4, -0.2) is 25.1 Å². The number of hydrogen-bond donors (Lipinski definition) is 0.